The molecule has 146 valence electrons. The van der Waals surface area contributed by atoms with Gasteiger partial charge in [-0.25, -0.2) is 9.07 Å². The molecule has 3 aromatic rings. The van der Waals surface area contributed by atoms with Gasteiger partial charge in [-0.15, -0.1) is 5.10 Å². The average molecular weight is 380 g/mol. The van der Waals surface area contributed by atoms with Crippen LogP contribution in [0, 0.1) is 5.82 Å². The van der Waals surface area contributed by atoms with E-state index in [9.17, 15) is 4.39 Å². The average Bonchev–Trinajstić information content (AvgIpc) is 3.18. The zero-order valence-electron chi connectivity index (χ0n) is 16.1. The van der Waals surface area contributed by atoms with Crippen LogP contribution < -0.4 is 0 Å². The second-order valence-corrected chi connectivity index (χ2v) is 7.07. The highest BCUT2D eigenvalue weighted by atomic mass is 19.1. The monoisotopic (exact) mass is 380 g/mol. The van der Waals surface area contributed by atoms with Crippen LogP contribution in [-0.2, 0) is 6.54 Å². The van der Waals surface area contributed by atoms with Crippen LogP contribution in [0.2, 0.25) is 0 Å². The van der Waals surface area contributed by atoms with Gasteiger partial charge in [0.2, 0.25) is 0 Å². The molecule has 7 heteroatoms. The van der Waals surface area contributed by atoms with Crippen molar-refractivity contribution in [2.45, 2.75) is 19.5 Å². The predicted octanol–water partition coefficient (Wildman–Crippen LogP) is 2.59. The van der Waals surface area contributed by atoms with Crippen molar-refractivity contribution in [2.24, 2.45) is 0 Å². The fraction of sp³-hybridized carbons (Fsp3) is 0.381. The molecule has 0 bridgehead atoms. The molecule has 6 nitrogen and oxygen atoms in total. The highest BCUT2D eigenvalue weighted by Gasteiger charge is 2.32. The minimum absolute atomic E-state index is 0.223. The van der Waals surface area contributed by atoms with E-state index in [4.69, 9.17) is 0 Å². The second kappa shape index (κ2) is 8.58. The van der Waals surface area contributed by atoms with Crippen LogP contribution in [0.1, 0.15) is 29.9 Å². The van der Waals surface area contributed by atoms with Crippen molar-refractivity contribution in [2.75, 3.05) is 32.7 Å². The van der Waals surface area contributed by atoms with Gasteiger partial charge in [0, 0.05) is 31.7 Å². The number of tetrazole rings is 1. The molecule has 1 aliphatic rings. The molecule has 0 radical (unpaired) electrons. The Balaban J connectivity index is 1.69. The van der Waals surface area contributed by atoms with Crippen LogP contribution in [0.5, 0.6) is 0 Å². The summed E-state index contributed by atoms with van der Waals surface area (Å²) < 4.78 is 16.6. The molecule has 1 atom stereocenters. The van der Waals surface area contributed by atoms with Gasteiger partial charge < -0.3 is 4.90 Å². The Morgan fingerprint density at radius 1 is 0.964 bits per heavy atom. The van der Waals surface area contributed by atoms with Crippen LogP contribution in [0.15, 0.2) is 54.6 Å². The van der Waals surface area contributed by atoms with E-state index in [1.54, 1.807) is 10.7 Å². The van der Waals surface area contributed by atoms with E-state index < -0.39 is 0 Å². The maximum Gasteiger partial charge on any atom is 0.173 e. The molecule has 4 rings (SSSR count). The molecule has 1 aromatic heterocycles. The van der Waals surface area contributed by atoms with Gasteiger partial charge in [-0.2, -0.15) is 0 Å². The maximum absolute atomic E-state index is 14.8. The number of likely N-dealkylation sites (N-methyl/N-ethyl adjacent to an activating group) is 1. The van der Waals surface area contributed by atoms with Crippen LogP contribution in [0.25, 0.3) is 0 Å². The van der Waals surface area contributed by atoms with Crippen LogP contribution in [-0.4, -0.2) is 62.7 Å². The van der Waals surface area contributed by atoms with Gasteiger partial charge >= 0.3 is 0 Å². The van der Waals surface area contributed by atoms with Crippen molar-refractivity contribution in [3.05, 3.63) is 77.4 Å². The molecule has 28 heavy (non-hydrogen) atoms. The van der Waals surface area contributed by atoms with Crippen LogP contribution >= 0.6 is 0 Å². The number of hydrogen-bond donors (Lipinski definition) is 0. The zero-order chi connectivity index (χ0) is 19.3. The largest absolute Gasteiger partial charge is 0.301 e. The van der Waals surface area contributed by atoms with Gasteiger partial charge in [0.25, 0.3) is 0 Å². The number of benzene rings is 2. The van der Waals surface area contributed by atoms with E-state index >= 15 is 0 Å². The Labute approximate surface area is 164 Å². The Kier molecular flexibility index (Phi) is 5.73. The lowest BCUT2D eigenvalue weighted by atomic mass is 10.0. The van der Waals surface area contributed by atoms with Gasteiger partial charge in [-0.3, -0.25) is 4.90 Å². The number of hydrogen-bond acceptors (Lipinski definition) is 5. The van der Waals surface area contributed by atoms with Crippen LogP contribution in [0.3, 0.4) is 0 Å². The molecule has 1 fully saturated rings. The van der Waals surface area contributed by atoms with Crippen molar-refractivity contribution in [1.82, 2.24) is 30.0 Å². The molecule has 1 aliphatic heterocycles. The van der Waals surface area contributed by atoms with E-state index in [1.165, 1.54) is 6.07 Å². The first-order valence-electron chi connectivity index (χ1n) is 9.77. The lowest BCUT2D eigenvalue weighted by Gasteiger charge is -2.38. The summed E-state index contributed by atoms with van der Waals surface area (Å²) in [4.78, 5) is 4.69. The van der Waals surface area contributed by atoms with E-state index in [0.717, 1.165) is 38.3 Å². The van der Waals surface area contributed by atoms with Gasteiger partial charge in [-0.1, -0.05) is 55.5 Å². The van der Waals surface area contributed by atoms with Crippen molar-refractivity contribution in [1.29, 1.82) is 0 Å². The third-order valence-corrected chi connectivity index (χ3v) is 5.40. The molecule has 0 aliphatic carbocycles. The second-order valence-electron chi connectivity index (χ2n) is 7.07. The van der Waals surface area contributed by atoms with Gasteiger partial charge in [0.05, 0.1) is 6.54 Å². The molecular formula is C21H25FN6. The van der Waals surface area contributed by atoms with Gasteiger partial charge in [-0.05, 0) is 28.6 Å². The Morgan fingerprint density at radius 3 is 2.39 bits per heavy atom. The smallest absolute Gasteiger partial charge is 0.173 e. The molecule has 0 saturated carbocycles. The third kappa shape index (κ3) is 3.95. The summed E-state index contributed by atoms with van der Waals surface area (Å²) in [6, 6.07) is 16.7. The Bertz CT molecular complexity index is 889. The summed E-state index contributed by atoms with van der Waals surface area (Å²) in [6.07, 6.45) is 0. The van der Waals surface area contributed by atoms with Gasteiger partial charge in [0.15, 0.2) is 5.82 Å². The fourth-order valence-electron chi connectivity index (χ4n) is 3.81. The summed E-state index contributed by atoms with van der Waals surface area (Å²) >= 11 is 0. The Morgan fingerprint density at radius 2 is 1.68 bits per heavy atom. The first-order chi connectivity index (χ1) is 13.8. The van der Waals surface area contributed by atoms with E-state index in [0.29, 0.717) is 17.9 Å². The van der Waals surface area contributed by atoms with E-state index in [-0.39, 0.29) is 11.9 Å². The van der Waals surface area contributed by atoms with Crippen LogP contribution in [0.4, 0.5) is 4.39 Å². The first-order valence-corrected chi connectivity index (χ1v) is 9.77. The summed E-state index contributed by atoms with van der Waals surface area (Å²) in [5.41, 5.74) is 1.73. The lowest BCUT2D eigenvalue weighted by Crippen LogP contribution is -2.48. The molecule has 0 spiro atoms. The number of piperazine rings is 1. The topological polar surface area (TPSA) is 50.1 Å². The zero-order valence-corrected chi connectivity index (χ0v) is 16.1. The first kappa shape index (κ1) is 18.7. The molecule has 2 heterocycles. The summed E-state index contributed by atoms with van der Waals surface area (Å²) in [5.74, 6) is 0.457. The molecule has 1 saturated heterocycles. The number of halogens is 1. The quantitative estimate of drug-likeness (QED) is 0.658. The standard InChI is InChI=1S/C21H25FN6/c1-2-26-12-14-27(15-13-26)20(18-10-6-7-11-19(18)22)21-23-24-25-28(21)16-17-8-4-3-5-9-17/h3-11,20H,2,12-16H2,1H3. The maximum atomic E-state index is 14.8. The predicted molar refractivity (Wildman–Crippen MR) is 105 cm³/mol. The number of rotatable bonds is 6. The fourth-order valence-corrected chi connectivity index (χ4v) is 3.81. The number of nitrogens with zero attached hydrogens (tertiary/aromatic N) is 6. The molecular weight excluding hydrogens is 355 g/mol. The van der Waals surface area contributed by atoms with E-state index in [1.807, 2.05) is 42.5 Å². The number of aromatic nitrogens is 4. The molecule has 0 N–H and O–H groups in total. The van der Waals surface area contributed by atoms with Gasteiger partial charge in [0.1, 0.15) is 11.9 Å². The molecule has 1 unspecified atom stereocenters. The van der Waals surface area contributed by atoms with Crippen molar-refractivity contribution < 1.29 is 4.39 Å². The third-order valence-electron chi connectivity index (χ3n) is 5.40. The van der Waals surface area contributed by atoms with E-state index in [2.05, 4.69) is 32.2 Å². The van der Waals surface area contributed by atoms with Crippen molar-refractivity contribution in [3.8, 4) is 0 Å². The lowest BCUT2D eigenvalue weighted by molar-refractivity contribution is 0.107. The minimum atomic E-state index is -0.307. The van der Waals surface area contributed by atoms with Crippen molar-refractivity contribution >= 4 is 0 Å². The summed E-state index contributed by atoms with van der Waals surface area (Å²) in [6.45, 7) is 7.39. The minimum Gasteiger partial charge on any atom is -0.301 e. The summed E-state index contributed by atoms with van der Waals surface area (Å²) in [7, 11) is 0. The highest BCUT2D eigenvalue weighted by Crippen LogP contribution is 2.30. The Hall–Kier alpha value is -2.64. The summed E-state index contributed by atoms with van der Waals surface area (Å²) in [5, 5.41) is 12.5. The SMILES string of the molecule is CCN1CCN(C(c2ccccc2F)c2nnnn2Cc2ccccc2)CC1. The normalized spacial score (nSPS) is 16.9. The molecule has 2 aromatic carbocycles. The van der Waals surface area contributed by atoms with Crippen molar-refractivity contribution in [3.63, 3.8) is 0 Å². The highest BCUT2D eigenvalue weighted by molar-refractivity contribution is 5.27. The molecule has 0 amide bonds.